The van der Waals surface area contributed by atoms with Crippen LogP contribution in [-0.4, -0.2) is 36.8 Å². The van der Waals surface area contributed by atoms with E-state index in [9.17, 15) is 13.2 Å². The maximum absolute atomic E-state index is 12.5. The number of nitrogens with one attached hydrogen (secondary N) is 1. The fourth-order valence-electron chi connectivity index (χ4n) is 4.52. The number of aryl methyl sites for hydroxylation is 1. The van der Waals surface area contributed by atoms with Crippen molar-refractivity contribution in [2.75, 3.05) is 6.61 Å². The van der Waals surface area contributed by atoms with Crippen LogP contribution < -0.4 is 9.46 Å². The van der Waals surface area contributed by atoms with Crippen molar-refractivity contribution in [3.05, 3.63) is 107 Å². The maximum atomic E-state index is 12.5. The van der Waals surface area contributed by atoms with Gasteiger partial charge in [0.1, 0.15) is 11.9 Å². The van der Waals surface area contributed by atoms with Crippen molar-refractivity contribution in [1.29, 1.82) is 0 Å². The molecule has 0 saturated heterocycles. The molecule has 0 spiro atoms. The third-order valence-electron chi connectivity index (χ3n) is 6.57. The number of benzene rings is 3. The molecule has 4 aromatic rings. The van der Waals surface area contributed by atoms with E-state index in [1.54, 1.807) is 13.1 Å². The summed E-state index contributed by atoms with van der Waals surface area (Å²) in [5, 5.41) is 6.46. The molecule has 8 nitrogen and oxygen atoms in total. The number of hydrogen-bond donors (Lipinski definition) is 1. The van der Waals surface area contributed by atoms with Crippen LogP contribution in [0.1, 0.15) is 36.5 Å². The first kappa shape index (κ1) is 26.5. The number of fused-ring (bicyclic) bond motifs is 1. The summed E-state index contributed by atoms with van der Waals surface area (Å²) in [6.07, 6.45) is 6.42. The molecule has 5 rings (SSSR count). The Hall–Kier alpha value is -4.11. The minimum absolute atomic E-state index is 0.0123. The van der Waals surface area contributed by atoms with Gasteiger partial charge in [0.2, 0.25) is 11.0 Å². The van der Waals surface area contributed by atoms with Crippen molar-refractivity contribution in [1.82, 2.24) is 14.5 Å². The number of carbonyl (C=O) groups excluding carboxylic acids is 1. The van der Waals surface area contributed by atoms with Gasteiger partial charge in [-0.15, -0.1) is 0 Å². The van der Waals surface area contributed by atoms with E-state index in [0.29, 0.717) is 31.7 Å². The van der Waals surface area contributed by atoms with E-state index in [0.717, 1.165) is 17.5 Å². The molecule has 1 aliphatic heterocycles. The van der Waals surface area contributed by atoms with E-state index < -0.39 is 15.9 Å². The van der Waals surface area contributed by atoms with Crippen molar-refractivity contribution in [2.45, 2.75) is 45.3 Å². The van der Waals surface area contributed by atoms with Gasteiger partial charge in [-0.1, -0.05) is 54.6 Å². The molecule has 1 atom stereocenters. The first-order valence-electron chi connectivity index (χ1n) is 13.0. The van der Waals surface area contributed by atoms with Gasteiger partial charge in [0, 0.05) is 31.7 Å². The van der Waals surface area contributed by atoms with Gasteiger partial charge in [-0.2, -0.15) is 13.5 Å². The topological polar surface area (TPSA) is 99.5 Å². The van der Waals surface area contributed by atoms with E-state index >= 15 is 0 Å². The number of rotatable bonds is 11. The van der Waals surface area contributed by atoms with Crippen LogP contribution in [0, 0.1) is 0 Å². The van der Waals surface area contributed by atoms with Gasteiger partial charge in [-0.05, 0) is 59.0 Å². The number of sulfonamides is 1. The van der Waals surface area contributed by atoms with Crippen LogP contribution in [0.4, 0.5) is 0 Å². The van der Waals surface area contributed by atoms with Crippen molar-refractivity contribution >= 4 is 26.7 Å². The van der Waals surface area contributed by atoms with Crippen LogP contribution in [-0.2, 0) is 38.9 Å². The monoisotopic (exact) mass is 545 g/mol. The molecule has 1 aromatic heterocycles. The smallest absolute Gasteiger partial charge is 0.296 e. The van der Waals surface area contributed by atoms with Gasteiger partial charge < -0.3 is 9.47 Å². The summed E-state index contributed by atoms with van der Waals surface area (Å²) in [4.78, 5) is 12.5. The fourth-order valence-corrected chi connectivity index (χ4v) is 5.63. The number of ether oxygens (including phenoxy) is 2. The molecule has 3 aromatic carbocycles. The second kappa shape index (κ2) is 11.7. The molecule has 9 heteroatoms. The summed E-state index contributed by atoms with van der Waals surface area (Å²) in [6.45, 7) is 2.82. The highest BCUT2D eigenvalue weighted by Crippen LogP contribution is 2.25. The average Bonchev–Trinajstić information content (AvgIpc) is 3.60. The summed E-state index contributed by atoms with van der Waals surface area (Å²) >= 11 is 0. The summed E-state index contributed by atoms with van der Waals surface area (Å²) in [5.41, 5.74) is 3.01. The largest absolute Gasteiger partial charge is 0.493 e. The van der Waals surface area contributed by atoms with Gasteiger partial charge in [0.15, 0.2) is 0 Å². The van der Waals surface area contributed by atoms with Gasteiger partial charge in [-0.25, -0.2) is 4.72 Å². The number of amides is 1. The number of carbonyl (C=O) groups is 1. The van der Waals surface area contributed by atoms with Gasteiger partial charge in [0.05, 0.1) is 13.2 Å². The van der Waals surface area contributed by atoms with Crippen molar-refractivity contribution in [2.24, 2.45) is 0 Å². The Morgan fingerprint density at radius 1 is 1.05 bits per heavy atom. The molecule has 202 valence electrons. The van der Waals surface area contributed by atoms with Crippen LogP contribution in [0.25, 0.3) is 10.8 Å². The molecule has 1 unspecified atom stereocenters. The normalized spacial score (nSPS) is 15.1. The lowest BCUT2D eigenvalue weighted by Gasteiger charge is -2.14. The molecule has 0 bridgehead atoms. The average molecular weight is 546 g/mol. The minimum atomic E-state index is -4.00. The molecule has 39 heavy (non-hydrogen) atoms. The highest BCUT2D eigenvalue weighted by atomic mass is 32.2. The first-order valence-corrected chi connectivity index (χ1v) is 14.5. The number of aromatic nitrogens is 2. The summed E-state index contributed by atoms with van der Waals surface area (Å²) in [6, 6.07) is 22.4. The lowest BCUT2D eigenvalue weighted by atomic mass is 10.0. The Balaban J connectivity index is 1.25. The first-order chi connectivity index (χ1) is 18.9. The molecule has 1 aliphatic rings. The zero-order chi connectivity index (χ0) is 27.2. The predicted octanol–water partition coefficient (Wildman–Crippen LogP) is 4.73. The fraction of sp³-hybridized carbons (Fsp3) is 0.267. The Morgan fingerprint density at radius 3 is 2.64 bits per heavy atom. The molecule has 1 amide bonds. The zero-order valence-corrected chi connectivity index (χ0v) is 22.6. The summed E-state index contributed by atoms with van der Waals surface area (Å²) < 4.78 is 40.4. The van der Waals surface area contributed by atoms with Gasteiger partial charge >= 0.3 is 0 Å². The van der Waals surface area contributed by atoms with Crippen molar-refractivity contribution in [3.8, 4) is 5.75 Å². The second-order valence-corrected chi connectivity index (χ2v) is 11.3. The Bertz CT molecular complexity index is 1600. The maximum Gasteiger partial charge on any atom is 0.296 e. The predicted molar refractivity (Wildman–Crippen MR) is 150 cm³/mol. The van der Waals surface area contributed by atoms with E-state index in [-0.39, 0.29) is 17.6 Å². The second-order valence-electron chi connectivity index (χ2n) is 9.64. The van der Waals surface area contributed by atoms with E-state index in [2.05, 4.69) is 40.2 Å². The van der Waals surface area contributed by atoms with E-state index in [4.69, 9.17) is 9.47 Å². The van der Waals surface area contributed by atoms with Crippen LogP contribution >= 0.6 is 0 Å². The Labute approximate surface area is 228 Å². The third-order valence-corrected chi connectivity index (χ3v) is 7.85. The van der Waals surface area contributed by atoms with E-state index in [1.165, 1.54) is 22.4 Å². The Morgan fingerprint density at radius 2 is 1.87 bits per heavy atom. The van der Waals surface area contributed by atoms with Crippen molar-refractivity contribution < 1.29 is 22.7 Å². The number of nitrogens with zero attached hydrogens (tertiary/aromatic N) is 2. The highest BCUT2D eigenvalue weighted by Gasteiger charge is 2.27. The zero-order valence-electron chi connectivity index (χ0n) is 21.7. The molecule has 2 heterocycles. The summed E-state index contributed by atoms with van der Waals surface area (Å²) in [7, 11) is -4.00. The minimum Gasteiger partial charge on any atom is -0.493 e. The van der Waals surface area contributed by atoms with Crippen LogP contribution in [0.15, 0.2) is 90.3 Å². The van der Waals surface area contributed by atoms with Crippen LogP contribution in [0.5, 0.6) is 5.75 Å². The number of hydrogen-bond acceptors (Lipinski definition) is 6. The van der Waals surface area contributed by atoms with Crippen LogP contribution in [0.3, 0.4) is 0 Å². The molecule has 0 fully saturated rings. The highest BCUT2D eigenvalue weighted by molar-refractivity contribution is 7.93. The van der Waals surface area contributed by atoms with Gasteiger partial charge in [-0.3, -0.25) is 9.48 Å². The standard InChI is InChI=1S/C30H31N3O5S/c1-22-7-14-30(38-22)39(35,36)32-29(34)13-12-26-11-9-24(21-33-17-4-16-31-33)20-28(26)37-18-15-23-8-10-25-5-2-3-6-27(25)19-23/h2-6,8-11,14,16-17,19-20,22H,7,12-13,15,18,21H2,1H3,(H,32,34). The summed E-state index contributed by atoms with van der Waals surface area (Å²) in [5.74, 6) is 0.0774. The third kappa shape index (κ3) is 6.86. The van der Waals surface area contributed by atoms with E-state index in [1.807, 2.05) is 47.3 Å². The van der Waals surface area contributed by atoms with Crippen molar-refractivity contribution in [3.63, 3.8) is 0 Å². The SMILES string of the molecule is CC1CC=C(S(=O)(=O)NC(=O)CCc2ccc(Cn3cccn3)cc2OCCc2ccc3ccccc3c2)O1. The Kier molecular flexibility index (Phi) is 7.97. The quantitative estimate of drug-likeness (QED) is 0.292. The van der Waals surface area contributed by atoms with Crippen LogP contribution in [0.2, 0.25) is 0 Å². The molecule has 0 aliphatic carbocycles. The molecule has 0 radical (unpaired) electrons. The lowest BCUT2D eigenvalue weighted by molar-refractivity contribution is -0.119. The molecule has 1 N–H and O–H groups in total. The molecular formula is C30H31N3O5S. The van der Waals surface area contributed by atoms with Gasteiger partial charge in [0.25, 0.3) is 10.0 Å². The lowest BCUT2D eigenvalue weighted by Crippen LogP contribution is -2.32. The molecular weight excluding hydrogens is 514 g/mol. The molecule has 0 saturated carbocycles.